The zero-order chi connectivity index (χ0) is 17.6. The van der Waals surface area contributed by atoms with Crippen LogP contribution in [0.2, 0.25) is 0 Å². The topological polar surface area (TPSA) is 57.5 Å². The smallest absolute Gasteiger partial charge is 0.328 e. The molecule has 1 unspecified atom stereocenters. The molecule has 3 nitrogen and oxygen atoms in total. The van der Waals surface area contributed by atoms with Gasteiger partial charge in [-0.05, 0) is 44.8 Å². The van der Waals surface area contributed by atoms with Gasteiger partial charge >= 0.3 is 5.97 Å². The molecule has 1 atom stereocenters. The number of carbonyl (C=O) groups is 1. The maximum Gasteiger partial charge on any atom is 0.328 e. The van der Waals surface area contributed by atoms with Crippen LogP contribution in [0.4, 0.5) is 0 Å². The van der Waals surface area contributed by atoms with E-state index in [4.69, 9.17) is 5.11 Å². The van der Waals surface area contributed by atoms with Gasteiger partial charge in [-0.15, -0.1) is 0 Å². The van der Waals surface area contributed by atoms with Crippen molar-refractivity contribution in [3.8, 4) is 0 Å². The molecular weight excluding hydrogens is 288 g/mol. The van der Waals surface area contributed by atoms with Gasteiger partial charge in [0.25, 0.3) is 0 Å². The second-order valence-electron chi connectivity index (χ2n) is 6.80. The Morgan fingerprint density at radius 2 is 1.87 bits per heavy atom. The molecule has 0 bridgehead atoms. The van der Waals surface area contributed by atoms with Gasteiger partial charge in [0.2, 0.25) is 0 Å². The summed E-state index contributed by atoms with van der Waals surface area (Å²) in [6.07, 6.45) is 12.3. The fraction of sp³-hybridized carbons (Fsp3) is 0.450. The van der Waals surface area contributed by atoms with Crippen LogP contribution in [0.1, 0.15) is 47.5 Å². The average Bonchev–Trinajstić information content (AvgIpc) is 2.42. The fourth-order valence-electron chi connectivity index (χ4n) is 2.80. The molecule has 0 amide bonds. The number of carboxylic acid groups (broad SMARTS) is 1. The first-order valence-corrected chi connectivity index (χ1v) is 7.97. The predicted octanol–water partition coefficient (Wildman–Crippen LogP) is 4.57. The van der Waals surface area contributed by atoms with Crippen molar-refractivity contribution in [1.29, 1.82) is 0 Å². The normalized spacial score (nSPS) is 23.1. The first kappa shape index (κ1) is 19.2. The molecule has 0 saturated carbocycles. The van der Waals surface area contributed by atoms with E-state index < -0.39 is 5.97 Å². The minimum Gasteiger partial charge on any atom is -0.478 e. The highest BCUT2D eigenvalue weighted by molar-refractivity contribution is 5.81. The summed E-state index contributed by atoms with van der Waals surface area (Å²) >= 11 is 0. The third kappa shape index (κ3) is 5.68. The molecule has 0 saturated heterocycles. The van der Waals surface area contributed by atoms with E-state index in [2.05, 4.69) is 26.8 Å². The molecule has 2 N–H and O–H groups in total. The van der Waals surface area contributed by atoms with Gasteiger partial charge in [-0.3, -0.25) is 0 Å². The van der Waals surface area contributed by atoms with Crippen LogP contribution in [0, 0.1) is 5.41 Å². The number of rotatable bonds is 5. The summed E-state index contributed by atoms with van der Waals surface area (Å²) in [5.74, 6) is -0.937. The van der Waals surface area contributed by atoms with E-state index in [-0.39, 0.29) is 11.5 Å². The van der Waals surface area contributed by atoms with Crippen LogP contribution in [0.3, 0.4) is 0 Å². The molecular formula is C20H28O3. The first-order valence-electron chi connectivity index (χ1n) is 7.97. The highest BCUT2D eigenvalue weighted by Gasteiger charge is 2.34. The van der Waals surface area contributed by atoms with E-state index in [0.29, 0.717) is 5.57 Å². The Hall–Kier alpha value is -1.87. The standard InChI is InChI=1S/C20H28O3/c1-14(7-6-8-15(2)13-19(22)23)9-11-17-16(3)10-12-18(21)20(17,4)5/h6-9,11,13,18,21H,10,12H2,1-5H3,(H,22,23)/b8-6+,11-9+,14-7+,15-13-. The molecule has 0 heterocycles. The van der Waals surface area contributed by atoms with Gasteiger partial charge in [0, 0.05) is 11.5 Å². The predicted molar refractivity (Wildman–Crippen MR) is 95.2 cm³/mol. The zero-order valence-electron chi connectivity index (χ0n) is 14.8. The Balaban J connectivity index is 2.85. The van der Waals surface area contributed by atoms with Crippen LogP contribution >= 0.6 is 0 Å². The van der Waals surface area contributed by atoms with E-state index in [1.54, 1.807) is 13.0 Å². The third-order valence-corrected chi connectivity index (χ3v) is 4.36. The minimum atomic E-state index is -0.937. The molecule has 1 aliphatic carbocycles. The molecule has 1 aliphatic rings. The highest BCUT2D eigenvalue weighted by Crippen LogP contribution is 2.41. The Labute approximate surface area is 139 Å². The second kappa shape index (κ2) is 8.11. The summed E-state index contributed by atoms with van der Waals surface area (Å²) in [7, 11) is 0. The number of aliphatic hydroxyl groups excluding tert-OH is 1. The molecule has 0 aromatic carbocycles. The molecule has 0 radical (unpaired) electrons. The Morgan fingerprint density at radius 1 is 1.22 bits per heavy atom. The molecule has 3 heteroatoms. The van der Waals surface area contributed by atoms with Gasteiger partial charge in [0.1, 0.15) is 0 Å². The number of aliphatic carboxylic acids is 1. The maximum atomic E-state index is 10.5. The summed E-state index contributed by atoms with van der Waals surface area (Å²) in [6, 6.07) is 0. The Bertz CT molecular complexity index is 598. The molecule has 0 aromatic rings. The zero-order valence-corrected chi connectivity index (χ0v) is 14.8. The van der Waals surface area contributed by atoms with E-state index in [1.807, 2.05) is 25.2 Å². The number of hydrogen-bond acceptors (Lipinski definition) is 2. The maximum absolute atomic E-state index is 10.5. The van der Waals surface area contributed by atoms with Gasteiger partial charge in [-0.25, -0.2) is 4.79 Å². The lowest BCUT2D eigenvalue weighted by molar-refractivity contribution is -0.131. The van der Waals surface area contributed by atoms with Crippen molar-refractivity contribution in [2.45, 2.75) is 53.6 Å². The van der Waals surface area contributed by atoms with Crippen molar-refractivity contribution in [3.63, 3.8) is 0 Å². The molecule has 1 rings (SSSR count). The van der Waals surface area contributed by atoms with Crippen molar-refractivity contribution < 1.29 is 15.0 Å². The monoisotopic (exact) mass is 316 g/mol. The van der Waals surface area contributed by atoms with Crippen LogP contribution in [0.15, 0.2) is 58.7 Å². The Kier molecular flexibility index (Phi) is 6.77. The Morgan fingerprint density at radius 3 is 2.48 bits per heavy atom. The van der Waals surface area contributed by atoms with E-state index in [0.717, 1.165) is 18.4 Å². The number of aliphatic hydroxyl groups is 1. The molecule has 23 heavy (non-hydrogen) atoms. The van der Waals surface area contributed by atoms with Crippen LogP contribution in [0.25, 0.3) is 0 Å². The van der Waals surface area contributed by atoms with Gasteiger partial charge in [0.05, 0.1) is 6.10 Å². The van der Waals surface area contributed by atoms with Crippen molar-refractivity contribution in [2.24, 2.45) is 5.41 Å². The van der Waals surface area contributed by atoms with Crippen molar-refractivity contribution in [1.82, 2.24) is 0 Å². The van der Waals surface area contributed by atoms with Gasteiger partial charge < -0.3 is 10.2 Å². The first-order chi connectivity index (χ1) is 10.6. The SMILES string of the molecule is CC1=C(/C=C/C(C)=C/C=C/C(C)=C\C(=O)O)C(C)(C)C(O)CC1. The molecule has 0 aromatic heterocycles. The third-order valence-electron chi connectivity index (χ3n) is 4.36. The second-order valence-corrected chi connectivity index (χ2v) is 6.80. The lowest BCUT2D eigenvalue weighted by atomic mass is 9.70. The lowest BCUT2D eigenvalue weighted by Crippen LogP contribution is -2.34. The number of allylic oxidation sites excluding steroid dienone is 8. The highest BCUT2D eigenvalue weighted by atomic mass is 16.4. The average molecular weight is 316 g/mol. The largest absolute Gasteiger partial charge is 0.478 e. The van der Waals surface area contributed by atoms with Crippen LogP contribution in [0.5, 0.6) is 0 Å². The van der Waals surface area contributed by atoms with Crippen LogP contribution in [-0.4, -0.2) is 22.3 Å². The van der Waals surface area contributed by atoms with Crippen LogP contribution in [-0.2, 0) is 4.79 Å². The van der Waals surface area contributed by atoms with Crippen molar-refractivity contribution >= 4 is 5.97 Å². The van der Waals surface area contributed by atoms with Crippen LogP contribution < -0.4 is 0 Å². The van der Waals surface area contributed by atoms with Crippen molar-refractivity contribution in [2.75, 3.05) is 0 Å². The van der Waals surface area contributed by atoms with E-state index >= 15 is 0 Å². The molecule has 126 valence electrons. The lowest BCUT2D eigenvalue weighted by Gasteiger charge is -2.37. The fourth-order valence-corrected chi connectivity index (χ4v) is 2.80. The van der Waals surface area contributed by atoms with Crippen molar-refractivity contribution in [3.05, 3.63) is 58.7 Å². The summed E-state index contributed by atoms with van der Waals surface area (Å²) in [4.78, 5) is 10.5. The molecule has 0 spiro atoms. The summed E-state index contributed by atoms with van der Waals surface area (Å²) in [5.41, 5.74) is 4.08. The van der Waals surface area contributed by atoms with E-state index in [9.17, 15) is 9.90 Å². The van der Waals surface area contributed by atoms with Gasteiger partial charge in [-0.1, -0.05) is 55.4 Å². The molecule has 0 aliphatic heterocycles. The van der Waals surface area contributed by atoms with E-state index in [1.165, 1.54) is 17.2 Å². The summed E-state index contributed by atoms with van der Waals surface area (Å²) in [6.45, 7) is 10.0. The quantitative estimate of drug-likeness (QED) is 0.577. The number of hydrogen-bond donors (Lipinski definition) is 2. The summed E-state index contributed by atoms with van der Waals surface area (Å²) < 4.78 is 0. The van der Waals surface area contributed by atoms with Gasteiger partial charge in [-0.2, -0.15) is 0 Å². The summed E-state index contributed by atoms with van der Waals surface area (Å²) in [5, 5.41) is 18.9. The molecule has 0 fully saturated rings. The minimum absolute atomic E-state index is 0.226. The van der Waals surface area contributed by atoms with Gasteiger partial charge in [0.15, 0.2) is 0 Å². The number of carboxylic acids is 1.